The Balaban J connectivity index is 0.000000606. The van der Waals surface area contributed by atoms with Gasteiger partial charge in [-0.1, -0.05) is 50.2 Å². The molecule has 0 aliphatic rings. The van der Waals surface area contributed by atoms with Crippen molar-refractivity contribution in [3.63, 3.8) is 0 Å². The molecule has 0 fully saturated rings. The van der Waals surface area contributed by atoms with Crippen LogP contribution in [-0.4, -0.2) is 7.11 Å². The Morgan fingerprint density at radius 1 is 1.00 bits per heavy atom. The van der Waals surface area contributed by atoms with Crippen LogP contribution in [0.3, 0.4) is 0 Å². The molecule has 0 unspecified atom stereocenters. The molecule has 86 valence electrons. The molecule has 0 heterocycles. The van der Waals surface area contributed by atoms with Crippen molar-refractivity contribution >= 4 is 10.8 Å². The fourth-order valence-electron chi connectivity index (χ4n) is 1.90. The van der Waals surface area contributed by atoms with Crippen LogP contribution in [0, 0.1) is 6.92 Å². The van der Waals surface area contributed by atoms with Gasteiger partial charge >= 0.3 is 0 Å². The van der Waals surface area contributed by atoms with Gasteiger partial charge in [0, 0.05) is 7.11 Å². The zero-order valence-electron chi connectivity index (χ0n) is 10.6. The van der Waals surface area contributed by atoms with Crippen molar-refractivity contribution in [3.8, 4) is 0 Å². The van der Waals surface area contributed by atoms with E-state index in [4.69, 9.17) is 4.74 Å². The quantitative estimate of drug-likeness (QED) is 0.726. The van der Waals surface area contributed by atoms with E-state index >= 15 is 0 Å². The average molecular weight is 216 g/mol. The molecule has 1 nitrogen and oxygen atoms in total. The van der Waals surface area contributed by atoms with E-state index in [1.165, 1.54) is 21.9 Å². The fourth-order valence-corrected chi connectivity index (χ4v) is 1.90. The normalized spacial score (nSPS) is 9.75. The van der Waals surface area contributed by atoms with Crippen LogP contribution in [0.4, 0.5) is 0 Å². The van der Waals surface area contributed by atoms with Crippen molar-refractivity contribution in [3.05, 3.63) is 47.5 Å². The summed E-state index contributed by atoms with van der Waals surface area (Å²) in [4.78, 5) is 0. The van der Waals surface area contributed by atoms with Crippen LogP contribution in [0.1, 0.15) is 25.0 Å². The first-order valence-electron chi connectivity index (χ1n) is 5.79. The van der Waals surface area contributed by atoms with Crippen LogP contribution in [0.5, 0.6) is 0 Å². The van der Waals surface area contributed by atoms with Crippen LogP contribution in [0.15, 0.2) is 36.4 Å². The predicted octanol–water partition coefficient (Wildman–Crippen LogP) is 4.32. The van der Waals surface area contributed by atoms with Crippen LogP contribution >= 0.6 is 0 Å². The number of hydrogen-bond acceptors (Lipinski definition) is 1. The monoisotopic (exact) mass is 216 g/mol. The lowest BCUT2D eigenvalue weighted by molar-refractivity contribution is 0.186. The summed E-state index contributed by atoms with van der Waals surface area (Å²) >= 11 is 0. The Morgan fingerprint density at radius 2 is 1.62 bits per heavy atom. The number of ether oxygens (including phenoxy) is 1. The average Bonchev–Trinajstić information content (AvgIpc) is 2.32. The Labute approximate surface area is 98.1 Å². The van der Waals surface area contributed by atoms with Crippen LogP contribution in [-0.2, 0) is 11.3 Å². The predicted molar refractivity (Wildman–Crippen MR) is 70.7 cm³/mol. The number of fused-ring (bicyclic) bond motifs is 1. The molecule has 0 bridgehead atoms. The van der Waals surface area contributed by atoms with Gasteiger partial charge in [0.15, 0.2) is 0 Å². The van der Waals surface area contributed by atoms with Gasteiger partial charge in [-0.3, -0.25) is 0 Å². The largest absolute Gasteiger partial charge is 0.380 e. The first-order chi connectivity index (χ1) is 7.83. The molecule has 1 heteroatoms. The van der Waals surface area contributed by atoms with Crippen molar-refractivity contribution in [2.75, 3.05) is 7.11 Å². The summed E-state index contributed by atoms with van der Waals surface area (Å²) in [6.45, 7) is 6.82. The number of hydrogen-bond donors (Lipinski definition) is 0. The zero-order chi connectivity index (χ0) is 12.0. The molecule has 16 heavy (non-hydrogen) atoms. The number of aryl methyl sites for hydroxylation is 1. The van der Waals surface area contributed by atoms with Gasteiger partial charge in [-0.15, -0.1) is 0 Å². The summed E-state index contributed by atoms with van der Waals surface area (Å²) in [6.07, 6.45) is 0. The molecule has 0 saturated carbocycles. The van der Waals surface area contributed by atoms with Gasteiger partial charge < -0.3 is 4.74 Å². The first kappa shape index (κ1) is 12.7. The summed E-state index contributed by atoms with van der Waals surface area (Å²) in [5, 5.41) is 2.62. The first-order valence-corrected chi connectivity index (χ1v) is 5.79. The molecular weight excluding hydrogens is 196 g/mol. The Kier molecular flexibility index (Phi) is 5.00. The standard InChI is InChI=1S/C13H14O.C2H6/c1-10-5-3-6-11-7-4-8-12(9-14-2)13(10)11;1-2/h3-8H,9H2,1-2H3;1-2H3. The molecule has 0 amide bonds. The van der Waals surface area contributed by atoms with Crippen molar-refractivity contribution in [2.24, 2.45) is 0 Å². The van der Waals surface area contributed by atoms with Gasteiger partial charge in [-0.25, -0.2) is 0 Å². The summed E-state index contributed by atoms with van der Waals surface area (Å²) in [6, 6.07) is 12.7. The summed E-state index contributed by atoms with van der Waals surface area (Å²) < 4.78 is 5.19. The van der Waals surface area contributed by atoms with Gasteiger partial charge in [-0.2, -0.15) is 0 Å². The van der Waals surface area contributed by atoms with Gasteiger partial charge in [-0.05, 0) is 28.8 Å². The number of benzene rings is 2. The lowest BCUT2D eigenvalue weighted by atomic mass is 10.0. The molecule has 0 spiro atoms. The summed E-state index contributed by atoms with van der Waals surface area (Å²) in [5.74, 6) is 0. The van der Waals surface area contributed by atoms with E-state index in [0.717, 1.165) is 0 Å². The fraction of sp³-hybridized carbons (Fsp3) is 0.333. The third kappa shape index (κ3) is 2.61. The molecule has 0 atom stereocenters. The van der Waals surface area contributed by atoms with Crippen molar-refractivity contribution in [1.82, 2.24) is 0 Å². The molecule has 0 aromatic heterocycles. The molecule has 0 aliphatic carbocycles. The molecule has 0 radical (unpaired) electrons. The number of methoxy groups -OCH3 is 1. The minimum Gasteiger partial charge on any atom is -0.380 e. The second-order valence-electron chi connectivity index (χ2n) is 3.52. The summed E-state index contributed by atoms with van der Waals surface area (Å²) in [7, 11) is 1.73. The van der Waals surface area contributed by atoms with E-state index in [0.29, 0.717) is 6.61 Å². The molecule has 0 aliphatic heterocycles. The topological polar surface area (TPSA) is 9.23 Å². The zero-order valence-corrected chi connectivity index (χ0v) is 10.6. The van der Waals surface area contributed by atoms with Crippen LogP contribution in [0.2, 0.25) is 0 Å². The number of rotatable bonds is 2. The van der Waals surface area contributed by atoms with Gasteiger partial charge in [0.2, 0.25) is 0 Å². The van der Waals surface area contributed by atoms with E-state index in [1.54, 1.807) is 7.11 Å². The maximum atomic E-state index is 5.19. The molecular formula is C15H20O. The van der Waals surface area contributed by atoms with Crippen LogP contribution in [0.25, 0.3) is 10.8 Å². The van der Waals surface area contributed by atoms with Gasteiger partial charge in [0.05, 0.1) is 6.61 Å². The molecule has 2 aromatic rings. The van der Waals surface area contributed by atoms with E-state index in [2.05, 4.69) is 43.3 Å². The van der Waals surface area contributed by atoms with E-state index in [9.17, 15) is 0 Å². The van der Waals surface area contributed by atoms with Gasteiger partial charge in [0.25, 0.3) is 0 Å². The molecule has 2 rings (SSSR count). The second-order valence-corrected chi connectivity index (χ2v) is 3.52. The maximum absolute atomic E-state index is 5.19. The van der Waals surface area contributed by atoms with Crippen LogP contribution < -0.4 is 0 Å². The SMILES string of the molecule is CC.COCc1cccc2cccc(C)c12. The van der Waals surface area contributed by atoms with Crippen molar-refractivity contribution < 1.29 is 4.74 Å². The lowest BCUT2D eigenvalue weighted by Gasteiger charge is -2.07. The highest BCUT2D eigenvalue weighted by Gasteiger charge is 2.02. The third-order valence-electron chi connectivity index (χ3n) is 2.50. The highest BCUT2D eigenvalue weighted by molar-refractivity contribution is 5.88. The van der Waals surface area contributed by atoms with Crippen molar-refractivity contribution in [1.29, 1.82) is 0 Å². The molecule has 0 saturated heterocycles. The molecule has 0 N–H and O–H groups in total. The minimum atomic E-state index is 0.683. The van der Waals surface area contributed by atoms with Crippen molar-refractivity contribution in [2.45, 2.75) is 27.4 Å². The highest BCUT2D eigenvalue weighted by Crippen LogP contribution is 2.22. The third-order valence-corrected chi connectivity index (χ3v) is 2.50. The second kappa shape index (κ2) is 6.29. The van der Waals surface area contributed by atoms with E-state index in [-0.39, 0.29) is 0 Å². The van der Waals surface area contributed by atoms with Gasteiger partial charge in [0.1, 0.15) is 0 Å². The Hall–Kier alpha value is -1.34. The summed E-state index contributed by atoms with van der Waals surface area (Å²) in [5.41, 5.74) is 2.58. The Bertz CT molecular complexity index is 441. The lowest BCUT2D eigenvalue weighted by Crippen LogP contribution is -1.90. The van der Waals surface area contributed by atoms with E-state index in [1.807, 2.05) is 13.8 Å². The van der Waals surface area contributed by atoms with E-state index < -0.39 is 0 Å². The minimum absolute atomic E-state index is 0.683. The highest BCUT2D eigenvalue weighted by atomic mass is 16.5. The Morgan fingerprint density at radius 3 is 2.25 bits per heavy atom. The molecule has 2 aromatic carbocycles. The maximum Gasteiger partial charge on any atom is 0.0719 e. The smallest absolute Gasteiger partial charge is 0.0719 e.